The van der Waals surface area contributed by atoms with Gasteiger partial charge in [-0.1, -0.05) is 6.07 Å². The predicted molar refractivity (Wildman–Crippen MR) is 149 cm³/mol. The monoisotopic (exact) mass is 557 g/mol. The van der Waals surface area contributed by atoms with E-state index in [0.717, 1.165) is 54.7 Å². The number of alkyl halides is 2. The summed E-state index contributed by atoms with van der Waals surface area (Å²) < 4.78 is 28.4. The molecule has 0 aromatic carbocycles. The van der Waals surface area contributed by atoms with Gasteiger partial charge in [-0.2, -0.15) is 24.2 Å². The summed E-state index contributed by atoms with van der Waals surface area (Å²) in [6, 6.07) is 12.2. The van der Waals surface area contributed by atoms with Gasteiger partial charge in [0, 0.05) is 79.8 Å². The fourth-order valence-corrected chi connectivity index (χ4v) is 5.29. The highest BCUT2D eigenvalue weighted by molar-refractivity contribution is 7.98. The number of pyridine rings is 3. The van der Waals surface area contributed by atoms with E-state index >= 15 is 0 Å². The molecule has 1 fully saturated rings. The number of halogens is 2. The van der Waals surface area contributed by atoms with Crippen molar-refractivity contribution in [3.05, 3.63) is 78.6 Å². The van der Waals surface area contributed by atoms with Crippen molar-refractivity contribution >= 4 is 23.1 Å². The van der Waals surface area contributed by atoms with Crippen molar-refractivity contribution in [2.75, 3.05) is 37.3 Å². The van der Waals surface area contributed by atoms with Gasteiger partial charge in [0.1, 0.15) is 11.9 Å². The van der Waals surface area contributed by atoms with Crippen LogP contribution in [0.2, 0.25) is 0 Å². The molecule has 40 heavy (non-hydrogen) atoms. The Morgan fingerprint density at radius 1 is 0.925 bits per heavy atom. The number of fused-ring (bicyclic) bond motifs is 1. The highest BCUT2D eigenvalue weighted by Crippen LogP contribution is 2.32. The molecule has 1 saturated heterocycles. The van der Waals surface area contributed by atoms with Crippen molar-refractivity contribution in [2.24, 2.45) is 0 Å². The summed E-state index contributed by atoms with van der Waals surface area (Å²) in [5.41, 5.74) is 4.98. The lowest BCUT2D eigenvalue weighted by atomic mass is 10.0. The minimum Gasteiger partial charge on any atom is -0.354 e. The van der Waals surface area contributed by atoms with Crippen molar-refractivity contribution in [1.29, 1.82) is 5.26 Å². The number of thioether (sulfide) groups is 1. The minimum absolute atomic E-state index is 0.420. The van der Waals surface area contributed by atoms with E-state index < -0.39 is 6.55 Å². The quantitative estimate of drug-likeness (QED) is 0.259. The summed E-state index contributed by atoms with van der Waals surface area (Å²) in [7, 11) is 0. The van der Waals surface area contributed by atoms with E-state index in [1.807, 2.05) is 30.7 Å². The lowest BCUT2D eigenvalue weighted by Gasteiger charge is -2.35. The van der Waals surface area contributed by atoms with Gasteiger partial charge in [-0.05, 0) is 36.1 Å². The van der Waals surface area contributed by atoms with Gasteiger partial charge in [-0.3, -0.25) is 4.90 Å². The highest BCUT2D eigenvalue weighted by Gasteiger charge is 2.20. The molecule has 0 unspecified atom stereocenters. The van der Waals surface area contributed by atoms with Crippen molar-refractivity contribution in [1.82, 2.24) is 34.3 Å². The number of rotatable bonds is 7. The molecule has 1 aliphatic heterocycles. The third-order valence-electron chi connectivity index (χ3n) is 7.04. The zero-order valence-electron chi connectivity index (χ0n) is 21.7. The molecule has 0 spiro atoms. The third kappa shape index (κ3) is 5.13. The molecule has 0 bridgehead atoms. The van der Waals surface area contributed by atoms with E-state index in [4.69, 9.17) is 4.98 Å². The van der Waals surface area contributed by atoms with Crippen LogP contribution in [0, 0.1) is 11.3 Å². The standard InChI is InChI=1S/C28H25F2N9S/c1-40-26-5-2-19(12-33-26)16-36-6-8-37(9-7-36)25-4-3-20(13-32-25)24-10-21(23-15-35-39(18-23)28(29)30)17-38-27(24)22(11-31)14-34-38/h2-5,10,12-15,17-18,28H,6-9,16H2,1H3. The summed E-state index contributed by atoms with van der Waals surface area (Å²) in [4.78, 5) is 13.9. The molecule has 6 heterocycles. The Morgan fingerprint density at radius 3 is 2.42 bits per heavy atom. The Morgan fingerprint density at radius 2 is 1.77 bits per heavy atom. The van der Waals surface area contributed by atoms with Crippen LogP contribution in [0.15, 0.2) is 72.5 Å². The Balaban J connectivity index is 1.21. The first-order chi connectivity index (χ1) is 19.5. The number of hydrogen-bond acceptors (Lipinski definition) is 8. The number of aromatic nitrogens is 6. The van der Waals surface area contributed by atoms with E-state index in [2.05, 4.69) is 43.2 Å². The molecule has 0 radical (unpaired) electrons. The summed E-state index contributed by atoms with van der Waals surface area (Å²) >= 11 is 1.64. The zero-order chi connectivity index (χ0) is 27.6. The molecule has 12 heteroatoms. The molecule has 6 rings (SSSR count). The molecule has 0 aliphatic carbocycles. The van der Waals surface area contributed by atoms with Gasteiger partial charge in [0.2, 0.25) is 0 Å². The fraction of sp³-hybridized carbons (Fsp3) is 0.250. The normalized spacial score (nSPS) is 14.2. The first kappa shape index (κ1) is 25.9. The molecular weight excluding hydrogens is 532 g/mol. The molecule has 9 nitrogen and oxygen atoms in total. The first-order valence-corrected chi connectivity index (χ1v) is 13.9. The predicted octanol–water partition coefficient (Wildman–Crippen LogP) is 4.97. The van der Waals surface area contributed by atoms with Crippen LogP contribution in [-0.4, -0.2) is 66.7 Å². The summed E-state index contributed by atoms with van der Waals surface area (Å²) in [5.74, 6) is 0.883. The molecule has 0 amide bonds. The molecule has 0 atom stereocenters. The number of nitriles is 1. The van der Waals surface area contributed by atoms with Gasteiger partial charge in [-0.25, -0.2) is 19.2 Å². The Bertz CT molecular complexity index is 1670. The number of anilines is 1. The summed E-state index contributed by atoms with van der Waals surface area (Å²) in [6.07, 6.45) is 11.7. The van der Waals surface area contributed by atoms with E-state index in [1.54, 1.807) is 28.7 Å². The maximum absolute atomic E-state index is 13.1. The van der Waals surface area contributed by atoms with Crippen LogP contribution in [0.1, 0.15) is 17.7 Å². The van der Waals surface area contributed by atoms with Crippen LogP contribution in [0.3, 0.4) is 0 Å². The van der Waals surface area contributed by atoms with Crippen molar-refractivity contribution in [2.45, 2.75) is 18.1 Å². The smallest absolute Gasteiger partial charge is 0.333 e. The van der Waals surface area contributed by atoms with Gasteiger partial charge in [-0.15, -0.1) is 11.8 Å². The van der Waals surface area contributed by atoms with Crippen LogP contribution in [0.5, 0.6) is 0 Å². The Kier molecular flexibility index (Phi) is 7.15. The van der Waals surface area contributed by atoms with Crippen molar-refractivity contribution in [3.63, 3.8) is 0 Å². The van der Waals surface area contributed by atoms with E-state index in [1.165, 1.54) is 24.2 Å². The van der Waals surface area contributed by atoms with Gasteiger partial charge in [0.25, 0.3) is 0 Å². The SMILES string of the molecule is CSc1ccc(CN2CCN(c3ccc(-c4cc(-c5cnn(C(F)F)c5)cn5ncc(C#N)c45)cn3)CC2)cn1. The summed E-state index contributed by atoms with van der Waals surface area (Å²) in [6.45, 7) is 1.70. The minimum atomic E-state index is -2.73. The third-order valence-corrected chi connectivity index (χ3v) is 7.69. The molecular formula is C28H25F2N9S. The number of hydrogen-bond donors (Lipinski definition) is 0. The second kappa shape index (κ2) is 11.0. The van der Waals surface area contributed by atoms with Crippen LogP contribution < -0.4 is 4.90 Å². The van der Waals surface area contributed by atoms with Crippen molar-refractivity contribution < 1.29 is 8.78 Å². The van der Waals surface area contributed by atoms with Crippen molar-refractivity contribution in [3.8, 4) is 28.3 Å². The topological polar surface area (TPSA) is 91.2 Å². The number of piperazine rings is 1. The van der Waals surface area contributed by atoms with Crippen LogP contribution in [0.4, 0.5) is 14.6 Å². The fourth-order valence-electron chi connectivity index (χ4n) is 4.93. The molecule has 5 aromatic heterocycles. The van der Waals surface area contributed by atoms with E-state index in [9.17, 15) is 14.0 Å². The molecule has 5 aromatic rings. The van der Waals surface area contributed by atoms with Gasteiger partial charge < -0.3 is 4.90 Å². The van der Waals surface area contributed by atoms with Gasteiger partial charge in [0.15, 0.2) is 0 Å². The lowest BCUT2D eigenvalue weighted by molar-refractivity contribution is 0.0566. The highest BCUT2D eigenvalue weighted by atomic mass is 32.2. The second-order valence-corrected chi connectivity index (χ2v) is 10.3. The van der Waals surface area contributed by atoms with Gasteiger partial charge in [0.05, 0.1) is 28.5 Å². The van der Waals surface area contributed by atoms with E-state index in [0.29, 0.717) is 26.9 Å². The molecule has 202 valence electrons. The maximum atomic E-state index is 13.1. The first-order valence-electron chi connectivity index (χ1n) is 12.7. The lowest BCUT2D eigenvalue weighted by Crippen LogP contribution is -2.46. The Hall–Kier alpha value is -4.34. The van der Waals surface area contributed by atoms with Gasteiger partial charge >= 0.3 is 6.55 Å². The largest absolute Gasteiger partial charge is 0.354 e. The van der Waals surface area contributed by atoms with Crippen LogP contribution >= 0.6 is 11.8 Å². The maximum Gasteiger partial charge on any atom is 0.333 e. The molecule has 1 aliphatic rings. The summed E-state index contributed by atoms with van der Waals surface area (Å²) in [5, 5.41) is 18.8. The van der Waals surface area contributed by atoms with E-state index in [-0.39, 0.29) is 0 Å². The van der Waals surface area contributed by atoms with Crippen LogP contribution in [0.25, 0.3) is 27.8 Å². The average Bonchev–Trinajstić information content (AvgIpc) is 3.66. The Labute approximate surface area is 233 Å². The second-order valence-electron chi connectivity index (χ2n) is 9.47. The van der Waals surface area contributed by atoms with Crippen LogP contribution in [-0.2, 0) is 6.54 Å². The average molecular weight is 558 g/mol. The zero-order valence-corrected chi connectivity index (χ0v) is 22.5. The number of nitrogens with zero attached hydrogens (tertiary/aromatic N) is 9. The molecule has 0 saturated carbocycles. The molecule has 0 N–H and O–H groups in total.